The normalized spacial score (nSPS) is 16.8. The molecule has 0 atom stereocenters. The molecule has 1 aliphatic heterocycles. The van der Waals surface area contributed by atoms with E-state index in [9.17, 15) is 4.79 Å². The highest BCUT2D eigenvalue weighted by atomic mass is 16.5. The number of para-hydroxylation sites is 2. The van der Waals surface area contributed by atoms with Gasteiger partial charge < -0.3 is 10.1 Å². The molecule has 0 aromatic heterocycles. The van der Waals surface area contributed by atoms with E-state index in [1.165, 1.54) is 0 Å². The first-order chi connectivity index (χ1) is 9.83. The molecule has 1 fully saturated rings. The van der Waals surface area contributed by atoms with Crippen molar-refractivity contribution in [1.82, 2.24) is 5.32 Å². The van der Waals surface area contributed by atoms with Gasteiger partial charge in [0.1, 0.15) is 11.5 Å². The summed E-state index contributed by atoms with van der Waals surface area (Å²) in [4.78, 5) is 12.6. The Balaban J connectivity index is 1.81. The lowest BCUT2D eigenvalue weighted by molar-refractivity contribution is -0.122. The van der Waals surface area contributed by atoms with Crippen LogP contribution < -0.4 is 10.1 Å². The number of nitrogens with one attached hydrogen (secondary N) is 1. The minimum absolute atomic E-state index is 0.0794. The lowest BCUT2D eigenvalue weighted by Gasteiger charge is -2.27. The summed E-state index contributed by atoms with van der Waals surface area (Å²) in [6, 6.07) is 15.9. The molecule has 1 amide bonds. The SMILES string of the molecule is O=C(NC1CC1)C1c2ccccc2Oc2ccccc21. The zero-order chi connectivity index (χ0) is 13.5. The highest BCUT2D eigenvalue weighted by Crippen LogP contribution is 2.44. The lowest BCUT2D eigenvalue weighted by atomic mass is 9.87. The molecule has 4 rings (SSSR count). The quantitative estimate of drug-likeness (QED) is 0.905. The van der Waals surface area contributed by atoms with Crippen LogP contribution in [0.3, 0.4) is 0 Å². The Morgan fingerprint density at radius 1 is 0.950 bits per heavy atom. The number of carbonyl (C=O) groups is 1. The molecule has 0 radical (unpaired) electrons. The largest absolute Gasteiger partial charge is 0.457 e. The van der Waals surface area contributed by atoms with E-state index >= 15 is 0 Å². The van der Waals surface area contributed by atoms with Crippen LogP contribution in [0.15, 0.2) is 48.5 Å². The van der Waals surface area contributed by atoms with Crippen molar-refractivity contribution in [1.29, 1.82) is 0 Å². The van der Waals surface area contributed by atoms with E-state index < -0.39 is 0 Å². The molecule has 2 aromatic carbocycles. The van der Waals surface area contributed by atoms with E-state index in [1.807, 2.05) is 48.5 Å². The van der Waals surface area contributed by atoms with Gasteiger partial charge in [-0.3, -0.25) is 4.79 Å². The van der Waals surface area contributed by atoms with Gasteiger partial charge in [-0.25, -0.2) is 0 Å². The van der Waals surface area contributed by atoms with Gasteiger partial charge in [-0.15, -0.1) is 0 Å². The molecule has 0 saturated heterocycles. The van der Waals surface area contributed by atoms with Crippen LogP contribution in [0.5, 0.6) is 11.5 Å². The fraction of sp³-hybridized carbons (Fsp3) is 0.235. The van der Waals surface area contributed by atoms with E-state index in [0.717, 1.165) is 35.5 Å². The Morgan fingerprint density at radius 2 is 1.50 bits per heavy atom. The zero-order valence-corrected chi connectivity index (χ0v) is 11.0. The fourth-order valence-electron chi connectivity index (χ4n) is 2.70. The maximum atomic E-state index is 12.6. The highest BCUT2D eigenvalue weighted by Gasteiger charge is 2.34. The van der Waals surface area contributed by atoms with Crippen molar-refractivity contribution < 1.29 is 9.53 Å². The first-order valence-corrected chi connectivity index (χ1v) is 6.99. The van der Waals surface area contributed by atoms with E-state index in [2.05, 4.69) is 5.32 Å². The summed E-state index contributed by atoms with van der Waals surface area (Å²) in [7, 11) is 0. The van der Waals surface area contributed by atoms with Crippen LogP contribution in [0.1, 0.15) is 29.9 Å². The van der Waals surface area contributed by atoms with Crippen molar-refractivity contribution in [3.8, 4) is 11.5 Å². The summed E-state index contributed by atoms with van der Waals surface area (Å²) >= 11 is 0. The number of hydrogen-bond acceptors (Lipinski definition) is 2. The molecule has 3 heteroatoms. The summed E-state index contributed by atoms with van der Waals surface area (Å²) < 4.78 is 5.90. The van der Waals surface area contributed by atoms with E-state index in [4.69, 9.17) is 4.74 Å². The molecule has 2 aliphatic rings. The smallest absolute Gasteiger partial charge is 0.232 e. The Bertz CT molecular complexity index is 631. The predicted molar refractivity (Wildman–Crippen MR) is 76.0 cm³/mol. The van der Waals surface area contributed by atoms with Gasteiger partial charge in [0.05, 0.1) is 5.92 Å². The molecule has 0 bridgehead atoms. The molecule has 100 valence electrons. The average molecular weight is 265 g/mol. The van der Waals surface area contributed by atoms with Crippen LogP contribution in [0.4, 0.5) is 0 Å². The third-order valence-corrected chi connectivity index (χ3v) is 3.87. The maximum Gasteiger partial charge on any atom is 0.232 e. The third-order valence-electron chi connectivity index (χ3n) is 3.87. The number of benzene rings is 2. The summed E-state index contributed by atoms with van der Waals surface area (Å²) in [6.07, 6.45) is 2.19. The lowest BCUT2D eigenvalue weighted by Crippen LogP contribution is -2.33. The first kappa shape index (κ1) is 11.5. The van der Waals surface area contributed by atoms with Crippen LogP contribution in [0.25, 0.3) is 0 Å². The third kappa shape index (κ3) is 1.86. The monoisotopic (exact) mass is 265 g/mol. The number of carbonyl (C=O) groups excluding carboxylic acids is 1. The number of amides is 1. The maximum absolute atomic E-state index is 12.6. The minimum Gasteiger partial charge on any atom is -0.457 e. The van der Waals surface area contributed by atoms with Crippen LogP contribution >= 0.6 is 0 Å². The van der Waals surface area contributed by atoms with Crippen LogP contribution in [-0.2, 0) is 4.79 Å². The van der Waals surface area contributed by atoms with E-state index in [0.29, 0.717) is 6.04 Å². The molecule has 1 heterocycles. The van der Waals surface area contributed by atoms with Crippen molar-refractivity contribution in [3.05, 3.63) is 59.7 Å². The van der Waals surface area contributed by atoms with Gasteiger partial charge in [-0.05, 0) is 25.0 Å². The Labute approximate surface area is 117 Å². The fourth-order valence-corrected chi connectivity index (χ4v) is 2.70. The molecular formula is C17H15NO2. The van der Waals surface area contributed by atoms with Gasteiger partial charge in [-0.2, -0.15) is 0 Å². The van der Waals surface area contributed by atoms with Gasteiger partial charge in [0.25, 0.3) is 0 Å². The van der Waals surface area contributed by atoms with Crippen molar-refractivity contribution in [2.45, 2.75) is 24.8 Å². The first-order valence-electron chi connectivity index (χ1n) is 6.99. The highest BCUT2D eigenvalue weighted by molar-refractivity contribution is 5.90. The topological polar surface area (TPSA) is 38.3 Å². The zero-order valence-electron chi connectivity index (χ0n) is 11.0. The van der Waals surface area contributed by atoms with Crippen molar-refractivity contribution in [2.75, 3.05) is 0 Å². The number of fused-ring (bicyclic) bond motifs is 2. The standard InChI is InChI=1S/C17H15NO2/c19-17(18-11-9-10-11)16-12-5-1-3-7-14(12)20-15-8-4-2-6-13(15)16/h1-8,11,16H,9-10H2,(H,18,19). The van der Waals surface area contributed by atoms with Gasteiger partial charge in [0.2, 0.25) is 5.91 Å². The summed E-state index contributed by atoms with van der Waals surface area (Å²) in [5.74, 6) is 1.37. The van der Waals surface area contributed by atoms with Gasteiger partial charge in [-0.1, -0.05) is 36.4 Å². The van der Waals surface area contributed by atoms with Gasteiger partial charge in [0, 0.05) is 17.2 Å². The van der Waals surface area contributed by atoms with Crippen LogP contribution in [0, 0.1) is 0 Å². The predicted octanol–water partition coefficient (Wildman–Crippen LogP) is 3.20. The van der Waals surface area contributed by atoms with Crippen LogP contribution in [0.2, 0.25) is 0 Å². The van der Waals surface area contributed by atoms with Crippen molar-refractivity contribution >= 4 is 5.91 Å². The summed E-state index contributed by atoms with van der Waals surface area (Å²) in [5.41, 5.74) is 1.90. The van der Waals surface area contributed by atoms with Crippen LogP contribution in [-0.4, -0.2) is 11.9 Å². The molecule has 20 heavy (non-hydrogen) atoms. The average Bonchev–Trinajstić information content (AvgIpc) is 3.28. The Hall–Kier alpha value is -2.29. The van der Waals surface area contributed by atoms with E-state index in [-0.39, 0.29) is 11.8 Å². The molecular weight excluding hydrogens is 250 g/mol. The summed E-state index contributed by atoms with van der Waals surface area (Å²) in [5, 5.41) is 3.11. The second-order valence-electron chi connectivity index (χ2n) is 5.39. The Morgan fingerprint density at radius 3 is 2.05 bits per heavy atom. The molecule has 1 aliphatic carbocycles. The minimum atomic E-state index is -0.267. The van der Waals surface area contributed by atoms with Crippen molar-refractivity contribution in [2.24, 2.45) is 0 Å². The number of rotatable bonds is 2. The molecule has 0 spiro atoms. The van der Waals surface area contributed by atoms with Crippen molar-refractivity contribution in [3.63, 3.8) is 0 Å². The van der Waals surface area contributed by atoms with Gasteiger partial charge in [0.15, 0.2) is 0 Å². The second-order valence-corrected chi connectivity index (χ2v) is 5.39. The summed E-state index contributed by atoms with van der Waals surface area (Å²) in [6.45, 7) is 0. The molecule has 2 aromatic rings. The van der Waals surface area contributed by atoms with Gasteiger partial charge >= 0.3 is 0 Å². The Kier molecular flexibility index (Phi) is 2.52. The number of hydrogen-bond donors (Lipinski definition) is 1. The molecule has 1 saturated carbocycles. The second kappa shape index (κ2) is 4.37. The molecule has 0 unspecified atom stereocenters. The molecule has 1 N–H and O–H groups in total. The number of ether oxygens (including phenoxy) is 1. The molecule has 3 nitrogen and oxygen atoms in total. The van der Waals surface area contributed by atoms with E-state index in [1.54, 1.807) is 0 Å².